The van der Waals surface area contributed by atoms with E-state index >= 15 is 0 Å². The van der Waals surface area contributed by atoms with Gasteiger partial charge in [-0.15, -0.1) is 11.8 Å². The number of rotatable bonds is 6. The lowest BCUT2D eigenvalue weighted by atomic mass is 10.1. The summed E-state index contributed by atoms with van der Waals surface area (Å²) in [5.41, 5.74) is 2.27. The molecule has 136 valence electrons. The fraction of sp³-hybridized carbons (Fsp3) is 0.0952. The summed E-state index contributed by atoms with van der Waals surface area (Å²) >= 11 is 1.62. The molecule has 1 N–H and O–H groups in total. The largest absolute Gasteiger partial charge is 0.452 e. The number of fused-ring (bicyclic) bond motifs is 1. The van der Waals surface area contributed by atoms with Crippen LogP contribution < -0.4 is 5.32 Å². The molecule has 0 spiro atoms. The van der Waals surface area contributed by atoms with E-state index in [1.807, 2.05) is 48.7 Å². The second-order valence-corrected chi connectivity index (χ2v) is 6.52. The molecule has 2 aromatic carbocycles. The van der Waals surface area contributed by atoms with Crippen molar-refractivity contribution in [3.05, 3.63) is 72.4 Å². The summed E-state index contributed by atoms with van der Waals surface area (Å²) in [5, 5.41) is 3.67. The Bertz CT molecular complexity index is 979. The molecule has 0 atom stereocenters. The first-order chi connectivity index (χ1) is 13.2. The Morgan fingerprint density at radius 1 is 1.11 bits per heavy atom. The number of thioether (sulfide) groups is 1. The van der Waals surface area contributed by atoms with E-state index in [4.69, 9.17) is 4.74 Å². The van der Waals surface area contributed by atoms with Gasteiger partial charge in [-0.3, -0.25) is 9.78 Å². The van der Waals surface area contributed by atoms with Crippen LogP contribution in [0.2, 0.25) is 0 Å². The van der Waals surface area contributed by atoms with Gasteiger partial charge in [0.15, 0.2) is 6.61 Å². The number of amides is 1. The molecule has 0 bridgehead atoms. The molecule has 27 heavy (non-hydrogen) atoms. The average molecular weight is 378 g/mol. The summed E-state index contributed by atoms with van der Waals surface area (Å²) in [5.74, 6) is -0.976. The summed E-state index contributed by atoms with van der Waals surface area (Å²) in [6.07, 6.45) is 6.61. The number of carbonyl (C=O) groups is 2. The molecule has 5 nitrogen and oxygen atoms in total. The summed E-state index contributed by atoms with van der Waals surface area (Å²) in [7, 11) is 0. The van der Waals surface area contributed by atoms with Crippen molar-refractivity contribution in [1.29, 1.82) is 0 Å². The van der Waals surface area contributed by atoms with Crippen LogP contribution in [0.25, 0.3) is 17.0 Å². The Kier molecular flexibility index (Phi) is 6.22. The van der Waals surface area contributed by atoms with Crippen LogP contribution in [0.1, 0.15) is 5.56 Å². The van der Waals surface area contributed by atoms with Crippen LogP contribution in [0, 0.1) is 0 Å². The van der Waals surface area contributed by atoms with Crippen molar-refractivity contribution in [3.63, 3.8) is 0 Å². The number of hydrogen-bond donors (Lipinski definition) is 1. The first-order valence-electron chi connectivity index (χ1n) is 8.28. The normalized spacial score (nSPS) is 10.9. The minimum Gasteiger partial charge on any atom is -0.452 e. The smallest absolute Gasteiger partial charge is 0.331 e. The van der Waals surface area contributed by atoms with Crippen LogP contribution in [0.4, 0.5) is 5.69 Å². The third-order valence-corrected chi connectivity index (χ3v) is 4.53. The van der Waals surface area contributed by atoms with E-state index < -0.39 is 5.97 Å². The molecule has 6 heteroatoms. The maximum atomic E-state index is 11.9. The number of hydrogen-bond acceptors (Lipinski definition) is 5. The number of ether oxygens (including phenoxy) is 1. The van der Waals surface area contributed by atoms with Crippen LogP contribution in [-0.2, 0) is 14.3 Å². The Morgan fingerprint density at radius 2 is 1.89 bits per heavy atom. The van der Waals surface area contributed by atoms with Crippen molar-refractivity contribution in [2.24, 2.45) is 0 Å². The molecule has 0 aliphatic heterocycles. The molecule has 0 aliphatic carbocycles. The highest BCUT2D eigenvalue weighted by Crippen LogP contribution is 2.18. The van der Waals surface area contributed by atoms with Crippen LogP contribution in [0.3, 0.4) is 0 Å². The summed E-state index contributed by atoms with van der Waals surface area (Å²) in [6, 6.07) is 17.0. The monoisotopic (exact) mass is 378 g/mol. The lowest BCUT2D eigenvalue weighted by Gasteiger charge is -2.06. The molecule has 0 radical (unpaired) electrons. The minimum atomic E-state index is -0.587. The number of carbonyl (C=O) groups excluding carboxylic acids is 2. The van der Waals surface area contributed by atoms with Gasteiger partial charge in [-0.2, -0.15) is 0 Å². The number of nitrogens with one attached hydrogen (secondary N) is 1. The van der Waals surface area contributed by atoms with E-state index in [-0.39, 0.29) is 12.5 Å². The zero-order chi connectivity index (χ0) is 19.1. The van der Waals surface area contributed by atoms with E-state index in [1.165, 1.54) is 6.08 Å². The van der Waals surface area contributed by atoms with Gasteiger partial charge in [0.1, 0.15) is 0 Å². The average Bonchev–Trinajstić information content (AvgIpc) is 2.71. The second kappa shape index (κ2) is 9.00. The SMILES string of the molecule is CSc1ccc(NC(=O)COC(=O)/C=C/c2cccc3cccnc23)cc1. The van der Waals surface area contributed by atoms with Crippen molar-refractivity contribution in [3.8, 4) is 0 Å². The van der Waals surface area contributed by atoms with Crippen molar-refractivity contribution < 1.29 is 14.3 Å². The van der Waals surface area contributed by atoms with Gasteiger partial charge in [0.25, 0.3) is 5.91 Å². The number of pyridine rings is 1. The van der Waals surface area contributed by atoms with Gasteiger partial charge in [-0.05, 0) is 42.7 Å². The maximum Gasteiger partial charge on any atom is 0.331 e. The maximum absolute atomic E-state index is 11.9. The Morgan fingerprint density at radius 3 is 2.67 bits per heavy atom. The Labute approximate surface area is 161 Å². The second-order valence-electron chi connectivity index (χ2n) is 5.64. The predicted octanol–water partition coefficient (Wildman–Crippen LogP) is 4.15. The van der Waals surface area contributed by atoms with Gasteiger partial charge < -0.3 is 10.1 Å². The highest BCUT2D eigenvalue weighted by atomic mass is 32.2. The fourth-order valence-electron chi connectivity index (χ4n) is 2.48. The third kappa shape index (κ3) is 5.18. The molecule has 0 unspecified atom stereocenters. The molecule has 0 saturated carbocycles. The molecule has 0 aliphatic rings. The Hall–Kier alpha value is -3.12. The van der Waals surface area contributed by atoms with Crippen molar-refractivity contribution in [2.75, 3.05) is 18.2 Å². The van der Waals surface area contributed by atoms with E-state index in [0.29, 0.717) is 5.69 Å². The number of anilines is 1. The lowest BCUT2D eigenvalue weighted by Crippen LogP contribution is -2.20. The summed E-state index contributed by atoms with van der Waals surface area (Å²) in [4.78, 5) is 29.2. The molecule has 1 heterocycles. The highest BCUT2D eigenvalue weighted by molar-refractivity contribution is 7.98. The molecule has 3 aromatic rings. The Balaban J connectivity index is 1.54. The quantitative estimate of drug-likeness (QED) is 0.396. The third-order valence-electron chi connectivity index (χ3n) is 3.78. The van der Waals surface area contributed by atoms with E-state index in [1.54, 1.807) is 36.2 Å². The van der Waals surface area contributed by atoms with Crippen LogP contribution in [0.15, 0.2) is 71.8 Å². The fourth-order valence-corrected chi connectivity index (χ4v) is 2.88. The first kappa shape index (κ1) is 18.7. The van der Waals surface area contributed by atoms with E-state index in [0.717, 1.165) is 21.4 Å². The van der Waals surface area contributed by atoms with Crippen LogP contribution in [0.5, 0.6) is 0 Å². The standard InChI is InChI=1S/C21H18N2O3S/c1-27-18-10-8-17(9-11-18)23-19(24)14-26-20(25)12-7-16-5-2-4-15-6-3-13-22-21(15)16/h2-13H,14H2,1H3,(H,23,24)/b12-7+. The van der Waals surface area contributed by atoms with Gasteiger partial charge >= 0.3 is 5.97 Å². The first-order valence-corrected chi connectivity index (χ1v) is 9.50. The molecule has 1 amide bonds. The molecule has 1 aromatic heterocycles. The van der Waals surface area contributed by atoms with E-state index in [9.17, 15) is 9.59 Å². The lowest BCUT2D eigenvalue weighted by molar-refractivity contribution is -0.142. The van der Waals surface area contributed by atoms with Crippen molar-refractivity contribution in [1.82, 2.24) is 4.98 Å². The summed E-state index contributed by atoms with van der Waals surface area (Å²) < 4.78 is 4.99. The summed E-state index contributed by atoms with van der Waals surface area (Å²) in [6.45, 7) is -0.346. The predicted molar refractivity (Wildman–Crippen MR) is 109 cm³/mol. The van der Waals surface area contributed by atoms with Gasteiger partial charge in [-0.25, -0.2) is 4.79 Å². The molecule has 3 rings (SSSR count). The number of benzene rings is 2. The topological polar surface area (TPSA) is 68.3 Å². The molecule has 0 fully saturated rings. The molecular weight excluding hydrogens is 360 g/mol. The highest BCUT2D eigenvalue weighted by Gasteiger charge is 2.06. The van der Waals surface area contributed by atoms with Gasteiger partial charge in [0.2, 0.25) is 0 Å². The van der Waals surface area contributed by atoms with Crippen molar-refractivity contribution >= 4 is 46.3 Å². The van der Waals surface area contributed by atoms with Crippen molar-refractivity contribution in [2.45, 2.75) is 4.90 Å². The number of nitrogens with zero attached hydrogens (tertiary/aromatic N) is 1. The van der Waals surface area contributed by atoms with Crippen LogP contribution in [-0.4, -0.2) is 29.7 Å². The number of aromatic nitrogens is 1. The van der Waals surface area contributed by atoms with Crippen LogP contribution >= 0.6 is 11.8 Å². The molecular formula is C21H18N2O3S. The van der Waals surface area contributed by atoms with Gasteiger partial charge in [0, 0.05) is 33.8 Å². The minimum absolute atomic E-state index is 0.346. The molecule has 0 saturated heterocycles. The van der Waals surface area contributed by atoms with Gasteiger partial charge in [-0.1, -0.05) is 24.3 Å². The number of esters is 1. The van der Waals surface area contributed by atoms with E-state index in [2.05, 4.69) is 10.3 Å². The number of para-hydroxylation sites is 1. The zero-order valence-electron chi connectivity index (χ0n) is 14.7. The zero-order valence-corrected chi connectivity index (χ0v) is 15.5. The van der Waals surface area contributed by atoms with Gasteiger partial charge in [0.05, 0.1) is 5.52 Å².